The first kappa shape index (κ1) is 14.0. The van der Waals surface area contributed by atoms with Crippen LogP contribution in [-0.2, 0) is 11.2 Å². The fraction of sp³-hybridized carbons (Fsp3) is 0.533. The number of carbonyl (C=O) groups is 1. The first-order valence-electron chi connectivity index (χ1n) is 6.85. The smallest absolute Gasteiger partial charge is 0.240 e. The van der Waals surface area contributed by atoms with Crippen LogP contribution >= 0.6 is 0 Å². The van der Waals surface area contributed by atoms with E-state index in [1.807, 2.05) is 32.3 Å². The van der Waals surface area contributed by atoms with Gasteiger partial charge in [0.2, 0.25) is 5.91 Å². The number of hydrazine groups is 1. The predicted octanol–water partition coefficient (Wildman–Crippen LogP) is 1.19. The topological polar surface area (TPSA) is 44.4 Å². The number of piperidine rings is 1. The minimum atomic E-state index is -0.281. The minimum Gasteiger partial charge on any atom is -0.317 e. The van der Waals surface area contributed by atoms with Crippen LogP contribution in [0.1, 0.15) is 18.4 Å². The maximum Gasteiger partial charge on any atom is 0.240 e. The van der Waals surface area contributed by atoms with Crippen LogP contribution in [0.5, 0.6) is 0 Å². The highest BCUT2D eigenvalue weighted by atomic mass is 16.2. The zero-order valence-corrected chi connectivity index (χ0v) is 11.8. The van der Waals surface area contributed by atoms with Crippen molar-refractivity contribution in [2.45, 2.75) is 19.3 Å². The van der Waals surface area contributed by atoms with Gasteiger partial charge in [-0.3, -0.25) is 10.2 Å². The monoisotopic (exact) mass is 261 g/mol. The minimum absolute atomic E-state index is 0.142. The SMILES string of the molecule is CN(C)NC(=O)C1(Cc2ccccc2)CCNCC1. The van der Waals surface area contributed by atoms with E-state index in [1.165, 1.54) is 5.56 Å². The van der Waals surface area contributed by atoms with Gasteiger partial charge in [-0.25, -0.2) is 5.01 Å². The molecule has 1 amide bonds. The van der Waals surface area contributed by atoms with Crippen molar-refractivity contribution in [3.05, 3.63) is 35.9 Å². The van der Waals surface area contributed by atoms with Gasteiger partial charge in [0.05, 0.1) is 5.41 Å². The van der Waals surface area contributed by atoms with Gasteiger partial charge in [0.1, 0.15) is 0 Å². The molecule has 0 unspecified atom stereocenters. The molecule has 19 heavy (non-hydrogen) atoms. The summed E-state index contributed by atoms with van der Waals surface area (Å²) in [5.41, 5.74) is 3.89. The molecule has 1 aromatic rings. The Kier molecular flexibility index (Phi) is 4.56. The van der Waals surface area contributed by atoms with E-state index in [9.17, 15) is 4.79 Å². The van der Waals surface area contributed by atoms with E-state index in [0.29, 0.717) is 0 Å². The fourth-order valence-corrected chi connectivity index (χ4v) is 2.70. The Morgan fingerprint density at radius 1 is 1.26 bits per heavy atom. The summed E-state index contributed by atoms with van der Waals surface area (Å²) in [7, 11) is 3.71. The number of amides is 1. The third-order valence-corrected chi connectivity index (χ3v) is 3.75. The number of hydrogen-bond donors (Lipinski definition) is 2. The molecule has 1 aliphatic rings. The largest absolute Gasteiger partial charge is 0.317 e. The number of rotatable bonds is 4. The summed E-state index contributed by atoms with van der Waals surface area (Å²) < 4.78 is 0. The summed E-state index contributed by atoms with van der Waals surface area (Å²) in [6.45, 7) is 1.82. The molecule has 2 rings (SSSR count). The van der Waals surface area contributed by atoms with E-state index in [0.717, 1.165) is 32.4 Å². The van der Waals surface area contributed by atoms with Crippen LogP contribution in [-0.4, -0.2) is 38.1 Å². The molecule has 1 fully saturated rings. The Bertz CT molecular complexity index is 411. The molecule has 0 radical (unpaired) electrons. The van der Waals surface area contributed by atoms with Crippen LogP contribution in [0.2, 0.25) is 0 Å². The highest BCUT2D eigenvalue weighted by molar-refractivity contribution is 5.82. The summed E-state index contributed by atoms with van der Waals surface area (Å²) >= 11 is 0. The molecule has 104 valence electrons. The van der Waals surface area contributed by atoms with Gasteiger partial charge in [-0.05, 0) is 37.9 Å². The molecule has 2 N–H and O–H groups in total. The highest BCUT2D eigenvalue weighted by Gasteiger charge is 2.39. The fourth-order valence-electron chi connectivity index (χ4n) is 2.70. The molecule has 4 heteroatoms. The van der Waals surface area contributed by atoms with E-state index in [-0.39, 0.29) is 11.3 Å². The zero-order chi connectivity index (χ0) is 13.7. The van der Waals surface area contributed by atoms with Crippen molar-refractivity contribution >= 4 is 5.91 Å². The lowest BCUT2D eigenvalue weighted by Gasteiger charge is -2.37. The molecule has 0 aliphatic carbocycles. The Hall–Kier alpha value is -1.39. The lowest BCUT2D eigenvalue weighted by atomic mass is 9.73. The standard InChI is InChI=1S/C15H23N3O/c1-18(2)17-14(19)15(8-10-16-11-9-15)12-13-6-4-3-5-7-13/h3-7,16H,8-12H2,1-2H3,(H,17,19). The van der Waals surface area contributed by atoms with E-state index in [1.54, 1.807) is 5.01 Å². The molecule has 0 spiro atoms. The lowest BCUT2D eigenvalue weighted by molar-refractivity contribution is -0.136. The third kappa shape index (κ3) is 3.55. The summed E-state index contributed by atoms with van der Waals surface area (Å²) in [6, 6.07) is 10.3. The van der Waals surface area contributed by atoms with Crippen molar-refractivity contribution in [2.24, 2.45) is 5.41 Å². The Labute approximate surface area is 115 Å². The van der Waals surface area contributed by atoms with Crippen molar-refractivity contribution in [1.82, 2.24) is 15.8 Å². The van der Waals surface area contributed by atoms with Gasteiger partial charge in [-0.1, -0.05) is 30.3 Å². The van der Waals surface area contributed by atoms with Crippen LogP contribution in [0.3, 0.4) is 0 Å². The van der Waals surface area contributed by atoms with Gasteiger partial charge in [-0.2, -0.15) is 0 Å². The average molecular weight is 261 g/mol. The molecule has 1 aliphatic heterocycles. The zero-order valence-electron chi connectivity index (χ0n) is 11.8. The second-order valence-corrected chi connectivity index (χ2v) is 5.53. The number of carbonyl (C=O) groups excluding carboxylic acids is 1. The van der Waals surface area contributed by atoms with Crippen molar-refractivity contribution in [2.75, 3.05) is 27.2 Å². The summed E-state index contributed by atoms with van der Waals surface area (Å²) in [4.78, 5) is 12.6. The van der Waals surface area contributed by atoms with Crippen LogP contribution in [0.15, 0.2) is 30.3 Å². The molecule has 0 bridgehead atoms. The van der Waals surface area contributed by atoms with Gasteiger partial charge < -0.3 is 5.32 Å². The van der Waals surface area contributed by atoms with Crippen molar-refractivity contribution < 1.29 is 4.79 Å². The molecular weight excluding hydrogens is 238 g/mol. The summed E-state index contributed by atoms with van der Waals surface area (Å²) in [5, 5.41) is 5.07. The molecule has 0 aromatic heterocycles. The van der Waals surface area contributed by atoms with Gasteiger partial charge in [0.25, 0.3) is 0 Å². The van der Waals surface area contributed by atoms with Crippen molar-refractivity contribution in [3.63, 3.8) is 0 Å². The van der Waals surface area contributed by atoms with Crippen molar-refractivity contribution in [1.29, 1.82) is 0 Å². The molecule has 1 saturated heterocycles. The molecule has 0 atom stereocenters. The van der Waals surface area contributed by atoms with Gasteiger partial charge in [0, 0.05) is 14.1 Å². The Balaban J connectivity index is 2.17. The van der Waals surface area contributed by atoms with E-state index in [2.05, 4.69) is 22.9 Å². The Morgan fingerprint density at radius 2 is 1.89 bits per heavy atom. The maximum atomic E-state index is 12.6. The number of nitrogens with zero attached hydrogens (tertiary/aromatic N) is 1. The highest BCUT2D eigenvalue weighted by Crippen LogP contribution is 2.33. The van der Waals surface area contributed by atoms with E-state index >= 15 is 0 Å². The van der Waals surface area contributed by atoms with Crippen LogP contribution in [0, 0.1) is 5.41 Å². The number of benzene rings is 1. The quantitative estimate of drug-likeness (QED) is 0.800. The second-order valence-electron chi connectivity index (χ2n) is 5.53. The van der Waals surface area contributed by atoms with Gasteiger partial charge in [-0.15, -0.1) is 0 Å². The van der Waals surface area contributed by atoms with E-state index in [4.69, 9.17) is 0 Å². The average Bonchev–Trinajstić information content (AvgIpc) is 2.40. The third-order valence-electron chi connectivity index (χ3n) is 3.75. The predicted molar refractivity (Wildman–Crippen MR) is 76.5 cm³/mol. The molecule has 1 aromatic carbocycles. The first-order chi connectivity index (χ1) is 9.12. The molecule has 1 heterocycles. The summed E-state index contributed by atoms with van der Waals surface area (Å²) in [5.74, 6) is 0.142. The molecule has 0 saturated carbocycles. The normalized spacial score (nSPS) is 18.3. The number of nitrogens with one attached hydrogen (secondary N) is 2. The second kappa shape index (κ2) is 6.17. The molecule has 4 nitrogen and oxygen atoms in total. The first-order valence-corrected chi connectivity index (χ1v) is 6.85. The van der Waals surface area contributed by atoms with Crippen LogP contribution < -0.4 is 10.7 Å². The maximum absolute atomic E-state index is 12.6. The van der Waals surface area contributed by atoms with Crippen molar-refractivity contribution in [3.8, 4) is 0 Å². The van der Waals surface area contributed by atoms with Gasteiger partial charge >= 0.3 is 0 Å². The number of hydrogen-bond acceptors (Lipinski definition) is 3. The Morgan fingerprint density at radius 3 is 2.47 bits per heavy atom. The van der Waals surface area contributed by atoms with E-state index < -0.39 is 0 Å². The summed E-state index contributed by atoms with van der Waals surface area (Å²) in [6.07, 6.45) is 2.60. The van der Waals surface area contributed by atoms with Gasteiger partial charge in [0.15, 0.2) is 0 Å². The van der Waals surface area contributed by atoms with Crippen LogP contribution in [0.4, 0.5) is 0 Å². The molecular formula is C15H23N3O. The van der Waals surface area contributed by atoms with Crippen LogP contribution in [0.25, 0.3) is 0 Å². The lowest BCUT2D eigenvalue weighted by Crippen LogP contribution is -2.52.